The molecule has 0 unspecified atom stereocenters. The third-order valence-corrected chi connectivity index (χ3v) is 5.41. The van der Waals surface area contributed by atoms with E-state index in [4.69, 9.17) is 0 Å². The maximum atomic E-state index is 3.59. The van der Waals surface area contributed by atoms with Crippen molar-refractivity contribution in [2.75, 3.05) is 13.1 Å². The van der Waals surface area contributed by atoms with Crippen LogP contribution in [0.4, 0.5) is 0 Å². The Labute approximate surface area is 124 Å². The van der Waals surface area contributed by atoms with Gasteiger partial charge in [-0.1, -0.05) is 83.8 Å². The molecular weight excluding hydrogens is 246 g/mol. The highest BCUT2D eigenvalue weighted by Gasteiger charge is 1.95. The highest BCUT2D eigenvalue weighted by atomic mass is 28.3. The lowest BCUT2D eigenvalue weighted by atomic mass is 10.1. The second-order valence-corrected chi connectivity index (χ2v) is 9.83. The minimum Gasteiger partial charge on any atom is -0.317 e. The Balaban J connectivity index is 2.91. The SMILES string of the molecule is CCCCCCCCCCCCNCCC[SiH](C)C. The zero-order valence-corrected chi connectivity index (χ0v) is 15.1. The van der Waals surface area contributed by atoms with Crippen LogP contribution in [0.15, 0.2) is 0 Å². The van der Waals surface area contributed by atoms with Gasteiger partial charge in [-0.25, -0.2) is 0 Å². The minimum atomic E-state index is -0.300. The molecule has 0 amide bonds. The summed E-state index contributed by atoms with van der Waals surface area (Å²) in [5.74, 6) is 0. The molecule has 0 aromatic rings. The van der Waals surface area contributed by atoms with Crippen LogP contribution in [0.1, 0.15) is 77.6 Å². The average Bonchev–Trinajstić information content (AvgIpc) is 2.39. The minimum absolute atomic E-state index is 0.300. The van der Waals surface area contributed by atoms with Crippen LogP contribution in [0.5, 0.6) is 0 Å². The summed E-state index contributed by atoms with van der Waals surface area (Å²) in [6, 6.07) is 1.50. The number of unbranched alkanes of at least 4 members (excludes halogenated alkanes) is 9. The summed E-state index contributed by atoms with van der Waals surface area (Å²) in [6.45, 7) is 9.68. The largest absolute Gasteiger partial charge is 0.317 e. The van der Waals surface area contributed by atoms with Crippen LogP contribution >= 0.6 is 0 Å². The molecule has 2 heteroatoms. The molecule has 0 heterocycles. The molecule has 0 rings (SSSR count). The summed E-state index contributed by atoms with van der Waals surface area (Å²) < 4.78 is 0. The standard InChI is InChI=1S/C17H39NSi/c1-4-5-6-7-8-9-10-11-12-13-15-18-16-14-17-19(2)3/h18-19H,4-17H2,1-3H3. The van der Waals surface area contributed by atoms with Crippen LogP contribution in [0.2, 0.25) is 19.1 Å². The zero-order valence-electron chi connectivity index (χ0n) is 14.0. The highest BCUT2D eigenvalue weighted by molar-refractivity contribution is 6.55. The summed E-state index contributed by atoms with van der Waals surface area (Å²) in [5.41, 5.74) is 0. The molecule has 1 N–H and O–H groups in total. The van der Waals surface area contributed by atoms with Gasteiger partial charge in [0.1, 0.15) is 0 Å². The van der Waals surface area contributed by atoms with Crippen molar-refractivity contribution in [2.45, 2.75) is 96.7 Å². The van der Waals surface area contributed by atoms with E-state index in [1.165, 1.54) is 89.8 Å². The molecule has 0 aliphatic rings. The van der Waals surface area contributed by atoms with Crippen molar-refractivity contribution in [3.8, 4) is 0 Å². The Hall–Kier alpha value is 0.177. The molecule has 0 bridgehead atoms. The Kier molecular flexibility index (Phi) is 16.4. The summed E-state index contributed by atoms with van der Waals surface area (Å²) >= 11 is 0. The van der Waals surface area contributed by atoms with E-state index in [1.54, 1.807) is 0 Å². The summed E-state index contributed by atoms with van der Waals surface area (Å²) in [5, 5.41) is 3.59. The van der Waals surface area contributed by atoms with E-state index in [2.05, 4.69) is 25.3 Å². The van der Waals surface area contributed by atoms with Crippen molar-refractivity contribution in [3.63, 3.8) is 0 Å². The quantitative estimate of drug-likeness (QED) is 0.315. The van der Waals surface area contributed by atoms with Crippen molar-refractivity contribution in [3.05, 3.63) is 0 Å². The molecular formula is C17H39NSi. The molecule has 0 aliphatic carbocycles. The number of hydrogen-bond donors (Lipinski definition) is 1. The van der Waals surface area contributed by atoms with Gasteiger partial charge in [0.2, 0.25) is 0 Å². The topological polar surface area (TPSA) is 12.0 Å². The van der Waals surface area contributed by atoms with E-state index in [1.807, 2.05) is 0 Å². The smallest absolute Gasteiger partial charge is 0.0306 e. The lowest BCUT2D eigenvalue weighted by Gasteiger charge is -2.06. The Morgan fingerprint density at radius 2 is 1.11 bits per heavy atom. The first-order valence-electron chi connectivity index (χ1n) is 8.98. The van der Waals surface area contributed by atoms with Crippen LogP contribution in [0.3, 0.4) is 0 Å². The van der Waals surface area contributed by atoms with Crippen molar-refractivity contribution in [2.24, 2.45) is 0 Å². The predicted octanol–water partition coefficient (Wildman–Crippen LogP) is 5.37. The molecule has 0 aliphatic heterocycles. The third kappa shape index (κ3) is 18.2. The van der Waals surface area contributed by atoms with E-state index in [-0.39, 0.29) is 8.80 Å². The fourth-order valence-corrected chi connectivity index (χ4v) is 3.52. The molecule has 1 nitrogen and oxygen atoms in total. The number of hydrogen-bond acceptors (Lipinski definition) is 1. The van der Waals surface area contributed by atoms with Crippen molar-refractivity contribution >= 4 is 8.80 Å². The van der Waals surface area contributed by atoms with Crippen molar-refractivity contribution in [1.29, 1.82) is 0 Å². The van der Waals surface area contributed by atoms with Crippen LogP contribution in [0.25, 0.3) is 0 Å². The molecule has 0 aromatic carbocycles. The van der Waals surface area contributed by atoms with Crippen molar-refractivity contribution in [1.82, 2.24) is 5.32 Å². The number of rotatable bonds is 15. The molecule has 0 aromatic heterocycles. The highest BCUT2D eigenvalue weighted by Crippen LogP contribution is 2.10. The lowest BCUT2D eigenvalue weighted by Crippen LogP contribution is -2.17. The van der Waals surface area contributed by atoms with Gasteiger partial charge in [0.25, 0.3) is 0 Å². The molecule has 0 atom stereocenters. The van der Waals surface area contributed by atoms with Crippen molar-refractivity contribution < 1.29 is 0 Å². The third-order valence-electron chi connectivity index (χ3n) is 3.84. The fourth-order valence-electron chi connectivity index (χ4n) is 2.50. The first-order valence-corrected chi connectivity index (χ1v) is 12.1. The van der Waals surface area contributed by atoms with Gasteiger partial charge in [0.15, 0.2) is 0 Å². The van der Waals surface area contributed by atoms with E-state index >= 15 is 0 Å². The molecule has 0 saturated carbocycles. The van der Waals surface area contributed by atoms with Gasteiger partial charge < -0.3 is 5.32 Å². The predicted molar refractivity (Wildman–Crippen MR) is 93.0 cm³/mol. The second kappa shape index (κ2) is 16.2. The van der Waals surface area contributed by atoms with Crippen LogP contribution in [-0.4, -0.2) is 21.9 Å². The maximum Gasteiger partial charge on any atom is 0.0306 e. The molecule has 19 heavy (non-hydrogen) atoms. The lowest BCUT2D eigenvalue weighted by molar-refractivity contribution is 0.543. The maximum absolute atomic E-state index is 3.59. The van der Waals surface area contributed by atoms with E-state index < -0.39 is 0 Å². The monoisotopic (exact) mass is 285 g/mol. The molecule has 116 valence electrons. The average molecular weight is 286 g/mol. The van der Waals surface area contributed by atoms with E-state index in [9.17, 15) is 0 Å². The summed E-state index contributed by atoms with van der Waals surface area (Å²) in [6.07, 6.45) is 15.8. The van der Waals surface area contributed by atoms with Gasteiger partial charge >= 0.3 is 0 Å². The van der Waals surface area contributed by atoms with Gasteiger partial charge in [0, 0.05) is 8.80 Å². The summed E-state index contributed by atoms with van der Waals surface area (Å²) in [7, 11) is -0.300. The van der Waals surface area contributed by atoms with Gasteiger partial charge in [-0.2, -0.15) is 0 Å². The molecule has 0 fully saturated rings. The normalized spacial score (nSPS) is 11.4. The van der Waals surface area contributed by atoms with Gasteiger partial charge in [-0.05, 0) is 25.9 Å². The Morgan fingerprint density at radius 1 is 0.632 bits per heavy atom. The Morgan fingerprint density at radius 3 is 1.63 bits per heavy atom. The van der Waals surface area contributed by atoms with E-state index in [0.29, 0.717) is 0 Å². The number of nitrogens with one attached hydrogen (secondary N) is 1. The van der Waals surface area contributed by atoms with Crippen LogP contribution in [0, 0.1) is 0 Å². The molecule has 0 saturated heterocycles. The molecule has 0 spiro atoms. The first-order chi connectivity index (χ1) is 9.27. The van der Waals surface area contributed by atoms with Gasteiger partial charge in [0.05, 0.1) is 0 Å². The fraction of sp³-hybridized carbons (Fsp3) is 1.00. The second-order valence-electron chi connectivity index (χ2n) is 6.47. The Bertz CT molecular complexity index is 159. The van der Waals surface area contributed by atoms with E-state index in [0.717, 1.165) is 0 Å². The first kappa shape index (κ1) is 19.2. The van der Waals surface area contributed by atoms with Crippen LogP contribution < -0.4 is 5.32 Å². The van der Waals surface area contributed by atoms with Gasteiger partial charge in [-0.3, -0.25) is 0 Å². The van der Waals surface area contributed by atoms with Gasteiger partial charge in [-0.15, -0.1) is 0 Å². The molecule has 0 radical (unpaired) electrons. The van der Waals surface area contributed by atoms with Crippen LogP contribution in [-0.2, 0) is 0 Å². The summed E-state index contributed by atoms with van der Waals surface area (Å²) in [4.78, 5) is 0. The zero-order chi connectivity index (χ0) is 14.2.